The first-order valence-electron chi connectivity index (χ1n) is 18.3. The number of carbonyl (C=O) groups is 3. The second kappa shape index (κ2) is 32.3. The Bertz CT molecular complexity index is 626. The molecule has 0 aliphatic rings. The quantitative estimate of drug-likeness (QED) is 0.0600. The minimum absolute atomic E-state index is 0.0655. The van der Waals surface area contributed by atoms with Gasteiger partial charge in [0.15, 0.2) is 0 Å². The molecule has 0 aromatic carbocycles. The Morgan fingerprint density at radius 3 is 1.33 bits per heavy atom. The van der Waals surface area contributed by atoms with Gasteiger partial charge < -0.3 is 15.4 Å². The van der Waals surface area contributed by atoms with Crippen molar-refractivity contribution in [1.29, 1.82) is 0 Å². The van der Waals surface area contributed by atoms with Crippen molar-refractivity contribution in [2.75, 3.05) is 13.2 Å². The van der Waals surface area contributed by atoms with Crippen molar-refractivity contribution in [3.05, 3.63) is 0 Å². The van der Waals surface area contributed by atoms with E-state index in [1.54, 1.807) is 6.92 Å². The Morgan fingerprint density at radius 2 is 0.905 bits per heavy atom. The normalized spacial score (nSPS) is 11.8. The lowest BCUT2D eigenvalue weighted by Gasteiger charge is -2.17. The Labute approximate surface area is 260 Å². The van der Waals surface area contributed by atoms with Gasteiger partial charge in [0.05, 0.1) is 6.61 Å². The van der Waals surface area contributed by atoms with Crippen molar-refractivity contribution in [3.8, 4) is 0 Å². The molecule has 248 valence electrons. The van der Waals surface area contributed by atoms with Gasteiger partial charge in [-0.1, -0.05) is 142 Å². The maximum Gasteiger partial charge on any atom is 0.328 e. The van der Waals surface area contributed by atoms with Crippen LogP contribution in [0.25, 0.3) is 0 Å². The molecule has 0 saturated carbocycles. The van der Waals surface area contributed by atoms with Crippen LogP contribution in [-0.2, 0) is 19.1 Å². The van der Waals surface area contributed by atoms with Gasteiger partial charge in [-0.25, -0.2) is 4.79 Å². The topological polar surface area (TPSA) is 84.5 Å². The van der Waals surface area contributed by atoms with Gasteiger partial charge in [0.25, 0.3) is 0 Å². The van der Waals surface area contributed by atoms with Crippen LogP contribution in [0.4, 0.5) is 0 Å². The van der Waals surface area contributed by atoms with E-state index in [9.17, 15) is 14.4 Å². The summed E-state index contributed by atoms with van der Waals surface area (Å²) in [5, 5.41) is 5.91. The first-order valence-corrected chi connectivity index (χ1v) is 18.3. The fourth-order valence-corrected chi connectivity index (χ4v) is 5.45. The lowest BCUT2D eigenvalue weighted by Crippen LogP contribution is -2.41. The summed E-state index contributed by atoms with van der Waals surface area (Å²) in [5.41, 5.74) is 0. The first kappa shape index (κ1) is 40.4. The summed E-state index contributed by atoms with van der Waals surface area (Å²) in [6, 6.07) is -0.600. The third kappa shape index (κ3) is 28.5. The summed E-state index contributed by atoms with van der Waals surface area (Å²) in [4.78, 5) is 37.0. The van der Waals surface area contributed by atoms with E-state index < -0.39 is 6.04 Å². The van der Waals surface area contributed by atoms with Crippen molar-refractivity contribution in [1.82, 2.24) is 10.6 Å². The monoisotopic (exact) mass is 595 g/mol. The summed E-state index contributed by atoms with van der Waals surface area (Å²) in [5.74, 6) is -0.303. The minimum atomic E-state index is -0.600. The highest BCUT2D eigenvalue weighted by Gasteiger charge is 2.21. The number of amides is 2. The summed E-state index contributed by atoms with van der Waals surface area (Å²) in [6.07, 6.45) is 30.9. The SMILES string of the molecule is CCCCCCCCCCCCCC(=O)NCCCC[C@H](NC(=O)CCCCCCCCCCCCC)C(=O)OCC. The molecule has 1 atom stereocenters. The summed E-state index contributed by atoms with van der Waals surface area (Å²) in [7, 11) is 0. The average molecular weight is 595 g/mol. The molecule has 0 heterocycles. The first-order chi connectivity index (χ1) is 20.5. The fourth-order valence-electron chi connectivity index (χ4n) is 5.45. The highest BCUT2D eigenvalue weighted by atomic mass is 16.5. The second-order valence-electron chi connectivity index (χ2n) is 12.3. The predicted molar refractivity (Wildman–Crippen MR) is 178 cm³/mol. The van der Waals surface area contributed by atoms with Crippen molar-refractivity contribution >= 4 is 17.8 Å². The van der Waals surface area contributed by atoms with Gasteiger partial charge in [0.1, 0.15) is 6.04 Å². The lowest BCUT2D eigenvalue weighted by molar-refractivity contribution is -0.147. The number of carbonyl (C=O) groups excluding carboxylic acids is 3. The smallest absolute Gasteiger partial charge is 0.328 e. The van der Waals surface area contributed by atoms with Gasteiger partial charge >= 0.3 is 5.97 Å². The molecule has 0 saturated heterocycles. The van der Waals surface area contributed by atoms with E-state index in [-0.39, 0.29) is 17.8 Å². The third-order valence-corrected chi connectivity index (χ3v) is 8.16. The fraction of sp³-hybridized carbons (Fsp3) is 0.917. The number of nitrogens with one attached hydrogen (secondary N) is 2. The number of rotatable bonds is 32. The van der Waals surface area contributed by atoms with Crippen LogP contribution in [0.2, 0.25) is 0 Å². The third-order valence-electron chi connectivity index (χ3n) is 8.16. The average Bonchev–Trinajstić information content (AvgIpc) is 2.98. The highest BCUT2D eigenvalue weighted by molar-refractivity contribution is 5.84. The van der Waals surface area contributed by atoms with E-state index >= 15 is 0 Å². The lowest BCUT2D eigenvalue weighted by atomic mass is 10.0. The molecule has 0 bridgehead atoms. The standard InChI is InChI=1S/C36H70N2O4/c1-4-7-9-11-13-15-17-19-21-23-25-30-34(39)37-32-28-27-29-33(36(41)42-6-3)38-35(40)31-26-24-22-20-18-16-14-12-10-8-5-2/h33H,4-32H2,1-3H3,(H,37,39)(H,38,40)/t33-/m0/s1. The number of unbranched alkanes of at least 4 members (excludes halogenated alkanes) is 21. The molecule has 0 spiro atoms. The van der Waals surface area contributed by atoms with Crippen LogP contribution in [0, 0.1) is 0 Å². The van der Waals surface area contributed by atoms with Crippen molar-refractivity contribution < 1.29 is 19.1 Å². The van der Waals surface area contributed by atoms with Gasteiger partial charge in [-0.2, -0.15) is 0 Å². The maximum absolute atomic E-state index is 12.5. The van der Waals surface area contributed by atoms with E-state index in [0.717, 1.165) is 38.5 Å². The zero-order chi connectivity index (χ0) is 30.9. The summed E-state index contributed by atoms with van der Waals surface area (Å²) in [6.45, 7) is 7.21. The summed E-state index contributed by atoms with van der Waals surface area (Å²) < 4.78 is 5.19. The van der Waals surface area contributed by atoms with Crippen LogP contribution in [-0.4, -0.2) is 37.0 Å². The van der Waals surface area contributed by atoms with Gasteiger partial charge in [0, 0.05) is 19.4 Å². The van der Waals surface area contributed by atoms with E-state index in [2.05, 4.69) is 24.5 Å². The molecule has 2 amide bonds. The molecule has 0 aliphatic carbocycles. The predicted octanol–water partition coefficient (Wildman–Crippen LogP) is 9.72. The molecule has 0 aromatic rings. The van der Waals surface area contributed by atoms with Gasteiger partial charge in [-0.3, -0.25) is 9.59 Å². The minimum Gasteiger partial charge on any atom is -0.464 e. The van der Waals surface area contributed by atoms with Crippen molar-refractivity contribution in [2.24, 2.45) is 0 Å². The molecule has 0 aromatic heterocycles. The van der Waals surface area contributed by atoms with Crippen LogP contribution in [0.1, 0.15) is 194 Å². The molecule has 6 heteroatoms. The Morgan fingerprint density at radius 1 is 0.500 bits per heavy atom. The van der Waals surface area contributed by atoms with Crippen LogP contribution >= 0.6 is 0 Å². The van der Waals surface area contributed by atoms with E-state index in [0.29, 0.717) is 32.4 Å². The van der Waals surface area contributed by atoms with E-state index in [1.807, 2.05) is 0 Å². The molecular formula is C36H70N2O4. The van der Waals surface area contributed by atoms with E-state index in [4.69, 9.17) is 4.74 Å². The molecule has 2 N–H and O–H groups in total. The van der Waals surface area contributed by atoms with Crippen molar-refractivity contribution in [3.63, 3.8) is 0 Å². The molecule has 42 heavy (non-hydrogen) atoms. The Balaban J connectivity index is 3.85. The van der Waals surface area contributed by atoms with Gasteiger partial charge in [-0.05, 0) is 39.0 Å². The second-order valence-corrected chi connectivity index (χ2v) is 12.3. The molecule has 0 fully saturated rings. The number of hydrogen-bond donors (Lipinski definition) is 2. The van der Waals surface area contributed by atoms with Crippen LogP contribution in [0.15, 0.2) is 0 Å². The number of ether oxygens (including phenoxy) is 1. The van der Waals surface area contributed by atoms with Crippen LogP contribution in [0.5, 0.6) is 0 Å². The molecule has 0 unspecified atom stereocenters. The van der Waals surface area contributed by atoms with Gasteiger partial charge in [-0.15, -0.1) is 0 Å². The highest BCUT2D eigenvalue weighted by Crippen LogP contribution is 2.13. The Kier molecular flexibility index (Phi) is 31.1. The molecule has 0 aliphatic heterocycles. The number of esters is 1. The Hall–Kier alpha value is -1.59. The molecule has 6 nitrogen and oxygen atoms in total. The van der Waals surface area contributed by atoms with Crippen molar-refractivity contribution in [2.45, 2.75) is 200 Å². The molecule has 0 radical (unpaired) electrons. The van der Waals surface area contributed by atoms with E-state index in [1.165, 1.54) is 116 Å². The zero-order valence-electron chi connectivity index (χ0n) is 28.2. The number of hydrogen-bond acceptors (Lipinski definition) is 4. The molecular weight excluding hydrogens is 524 g/mol. The van der Waals surface area contributed by atoms with Crippen LogP contribution in [0.3, 0.4) is 0 Å². The zero-order valence-corrected chi connectivity index (χ0v) is 28.2. The largest absolute Gasteiger partial charge is 0.464 e. The maximum atomic E-state index is 12.5. The van der Waals surface area contributed by atoms with Crippen LogP contribution < -0.4 is 10.6 Å². The van der Waals surface area contributed by atoms with Gasteiger partial charge in [0.2, 0.25) is 11.8 Å². The molecule has 0 rings (SSSR count). The summed E-state index contributed by atoms with van der Waals surface area (Å²) >= 11 is 0.